The Morgan fingerprint density at radius 3 is 2.78 bits per heavy atom. The van der Waals surface area contributed by atoms with Crippen LogP contribution in [0.5, 0.6) is 5.75 Å². The summed E-state index contributed by atoms with van der Waals surface area (Å²) in [5.41, 5.74) is 2.83. The molecule has 1 heterocycles. The van der Waals surface area contributed by atoms with Crippen molar-refractivity contribution >= 4 is 15.9 Å². The Hall–Kier alpha value is -1.33. The van der Waals surface area contributed by atoms with Gasteiger partial charge in [0.2, 0.25) is 0 Å². The summed E-state index contributed by atoms with van der Waals surface area (Å²) in [5, 5.41) is 17.0. The number of aryl methyl sites for hydroxylation is 2. The molecular formula is C13H15BrN2O2. The monoisotopic (exact) mass is 310 g/mol. The highest BCUT2D eigenvalue weighted by atomic mass is 79.9. The summed E-state index contributed by atoms with van der Waals surface area (Å²) in [5.74, 6) is 1.11. The lowest BCUT2D eigenvalue weighted by Crippen LogP contribution is -2.13. The molecule has 1 aromatic heterocycles. The molecule has 0 amide bonds. The van der Waals surface area contributed by atoms with Crippen LogP contribution in [0.4, 0.5) is 0 Å². The third kappa shape index (κ3) is 2.73. The van der Waals surface area contributed by atoms with Crippen LogP contribution in [-0.4, -0.2) is 10.3 Å². The van der Waals surface area contributed by atoms with Gasteiger partial charge in [-0.05, 0) is 35.8 Å². The van der Waals surface area contributed by atoms with E-state index in [1.165, 1.54) is 0 Å². The van der Waals surface area contributed by atoms with Gasteiger partial charge in [0.15, 0.2) is 0 Å². The molecular weight excluding hydrogens is 296 g/mol. The van der Waals surface area contributed by atoms with Crippen molar-refractivity contribution in [2.24, 2.45) is 0 Å². The van der Waals surface area contributed by atoms with Gasteiger partial charge in [0.25, 0.3) is 0 Å². The summed E-state index contributed by atoms with van der Waals surface area (Å²) in [6.45, 7) is 5.08. The number of benzene rings is 1. The number of nitrogens with zero attached hydrogens (tertiary/aromatic N) is 1. The van der Waals surface area contributed by atoms with Crippen molar-refractivity contribution in [2.45, 2.75) is 26.9 Å². The van der Waals surface area contributed by atoms with Crippen molar-refractivity contribution in [2.75, 3.05) is 0 Å². The highest BCUT2D eigenvalue weighted by Crippen LogP contribution is 2.27. The van der Waals surface area contributed by atoms with Gasteiger partial charge in [0.1, 0.15) is 11.5 Å². The Kier molecular flexibility index (Phi) is 4.04. The molecule has 4 nitrogen and oxygen atoms in total. The second kappa shape index (κ2) is 5.54. The van der Waals surface area contributed by atoms with Gasteiger partial charge in [-0.2, -0.15) is 0 Å². The number of para-hydroxylation sites is 1. The quantitative estimate of drug-likeness (QED) is 0.911. The lowest BCUT2D eigenvalue weighted by Gasteiger charge is -2.07. The Labute approximate surface area is 114 Å². The molecule has 2 rings (SSSR count). The van der Waals surface area contributed by atoms with Crippen molar-refractivity contribution in [3.63, 3.8) is 0 Å². The average Bonchev–Trinajstić information content (AvgIpc) is 2.66. The van der Waals surface area contributed by atoms with Crippen LogP contribution in [0.25, 0.3) is 0 Å². The first-order chi connectivity index (χ1) is 8.59. The Balaban J connectivity index is 1.99. The van der Waals surface area contributed by atoms with E-state index in [2.05, 4.69) is 26.4 Å². The highest BCUT2D eigenvalue weighted by molar-refractivity contribution is 9.10. The van der Waals surface area contributed by atoms with Crippen LogP contribution in [0.3, 0.4) is 0 Å². The molecule has 0 bridgehead atoms. The molecule has 0 aliphatic heterocycles. The Bertz CT molecular complexity index is 532. The molecule has 0 radical (unpaired) electrons. The summed E-state index contributed by atoms with van der Waals surface area (Å²) in [7, 11) is 0. The van der Waals surface area contributed by atoms with E-state index in [0.29, 0.717) is 17.6 Å². The van der Waals surface area contributed by atoms with E-state index in [4.69, 9.17) is 4.52 Å². The van der Waals surface area contributed by atoms with Crippen molar-refractivity contribution in [3.8, 4) is 5.75 Å². The van der Waals surface area contributed by atoms with Crippen molar-refractivity contribution in [1.29, 1.82) is 0 Å². The third-order valence-electron chi connectivity index (χ3n) is 2.87. The maximum absolute atomic E-state index is 9.85. The van der Waals surface area contributed by atoms with Crippen LogP contribution in [0.1, 0.15) is 22.6 Å². The van der Waals surface area contributed by atoms with Crippen LogP contribution < -0.4 is 5.32 Å². The zero-order chi connectivity index (χ0) is 13.1. The number of aromatic hydroxyl groups is 1. The van der Waals surface area contributed by atoms with E-state index < -0.39 is 0 Å². The number of rotatable bonds is 4. The molecule has 5 heteroatoms. The van der Waals surface area contributed by atoms with Crippen molar-refractivity contribution < 1.29 is 9.63 Å². The molecule has 96 valence electrons. The van der Waals surface area contributed by atoms with Crippen LogP contribution >= 0.6 is 15.9 Å². The minimum Gasteiger partial charge on any atom is -0.506 e. The number of hydrogen-bond acceptors (Lipinski definition) is 4. The molecule has 18 heavy (non-hydrogen) atoms. The molecule has 0 unspecified atom stereocenters. The molecule has 2 N–H and O–H groups in total. The number of halogens is 1. The van der Waals surface area contributed by atoms with Gasteiger partial charge in [-0.3, -0.25) is 0 Å². The smallest absolute Gasteiger partial charge is 0.138 e. The molecule has 1 aromatic carbocycles. The number of phenols is 1. The minimum absolute atomic E-state index is 0.281. The summed E-state index contributed by atoms with van der Waals surface area (Å²) in [6, 6.07) is 5.60. The summed E-state index contributed by atoms with van der Waals surface area (Å²) >= 11 is 3.30. The van der Waals surface area contributed by atoms with Gasteiger partial charge in [-0.25, -0.2) is 0 Å². The summed E-state index contributed by atoms with van der Waals surface area (Å²) in [4.78, 5) is 0. The fourth-order valence-corrected chi connectivity index (χ4v) is 2.19. The van der Waals surface area contributed by atoms with Crippen LogP contribution in [0.15, 0.2) is 27.2 Å². The van der Waals surface area contributed by atoms with Gasteiger partial charge in [0, 0.05) is 24.2 Å². The van der Waals surface area contributed by atoms with E-state index in [1.54, 1.807) is 0 Å². The lowest BCUT2D eigenvalue weighted by atomic mass is 10.2. The van der Waals surface area contributed by atoms with E-state index in [9.17, 15) is 5.11 Å². The van der Waals surface area contributed by atoms with E-state index in [1.807, 2.05) is 32.0 Å². The first kappa shape index (κ1) is 13.1. The largest absolute Gasteiger partial charge is 0.506 e. The van der Waals surface area contributed by atoms with Gasteiger partial charge >= 0.3 is 0 Å². The highest BCUT2D eigenvalue weighted by Gasteiger charge is 2.09. The van der Waals surface area contributed by atoms with Gasteiger partial charge < -0.3 is 14.9 Å². The van der Waals surface area contributed by atoms with E-state index in [-0.39, 0.29) is 5.75 Å². The maximum Gasteiger partial charge on any atom is 0.138 e. The number of aromatic nitrogens is 1. The molecule has 0 atom stereocenters. The first-order valence-corrected chi connectivity index (χ1v) is 6.47. The van der Waals surface area contributed by atoms with E-state index in [0.717, 1.165) is 22.6 Å². The predicted octanol–water partition coefficient (Wildman–Crippen LogP) is 3.05. The Morgan fingerprint density at radius 1 is 1.33 bits per heavy atom. The fraction of sp³-hybridized carbons (Fsp3) is 0.308. The molecule has 2 aromatic rings. The second-order valence-corrected chi connectivity index (χ2v) is 5.01. The number of nitrogens with one attached hydrogen (secondary N) is 1. The minimum atomic E-state index is 0.281. The molecule has 0 saturated heterocycles. The van der Waals surface area contributed by atoms with Crippen molar-refractivity contribution in [1.82, 2.24) is 10.5 Å². The van der Waals surface area contributed by atoms with Gasteiger partial charge in [0.05, 0.1) is 10.2 Å². The van der Waals surface area contributed by atoms with Gasteiger partial charge in [-0.1, -0.05) is 17.3 Å². The molecule has 0 saturated carbocycles. The standard InChI is InChI=1S/C13H15BrN2O2/c1-8-11(9(2)18-16-8)7-15-6-10-4-3-5-12(14)13(10)17/h3-5,15,17H,6-7H2,1-2H3. The zero-order valence-electron chi connectivity index (χ0n) is 10.3. The van der Waals surface area contributed by atoms with Crippen LogP contribution in [0, 0.1) is 13.8 Å². The third-order valence-corrected chi connectivity index (χ3v) is 3.51. The average molecular weight is 311 g/mol. The van der Waals surface area contributed by atoms with Crippen LogP contribution in [0.2, 0.25) is 0 Å². The molecule has 0 aliphatic rings. The first-order valence-electron chi connectivity index (χ1n) is 5.68. The fourth-order valence-electron chi connectivity index (χ4n) is 1.78. The Morgan fingerprint density at radius 2 is 2.11 bits per heavy atom. The summed E-state index contributed by atoms with van der Waals surface area (Å²) in [6.07, 6.45) is 0. The normalized spacial score (nSPS) is 10.8. The van der Waals surface area contributed by atoms with Gasteiger partial charge in [-0.15, -0.1) is 0 Å². The van der Waals surface area contributed by atoms with Crippen LogP contribution in [-0.2, 0) is 13.1 Å². The number of phenolic OH excluding ortho intramolecular Hbond substituents is 1. The topological polar surface area (TPSA) is 58.3 Å². The SMILES string of the molecule is Cc1noc(C)c1CNCc1cccc(Br)c1O. The lowest BCUT2D eigenvalue weighted by molar-refractivity contribution is 0.391. The molecule has 0 fully saturated rings. The predicted molar refractivity (Wildman–Crippen MR) is 72.3 cm³/mol. The van der Waals surface area contributed by atoms with E-state index >= 15 is 0 Å². The second-order valence-electron chi connectivity index (χ2n) is 4.15. The molecule has 0 spiro atoms. The molecule has 0 aliphatic carbocycles. The number of hydrogen-bond donors (Lipinski definition) is 2. The van der Waals surface area contributed by atoms with Crippen molar-refractivity contribution in [3.05, 3.63) is 45.3 Å². The zero-order valence-corrected chi connectivity index (χ0v) is 11.9. The summed E-state index contributed by atoms with van der Waals surface area (Å²) < 4.78 is 5.80. The maximum atomic E-state index is 9.85.